The maximum absolute atomic E-state index is 11.4. The zero-order valence-electron chi connectivity index (χ0n) is 12.5. The summed E-state index contributed by atoms with van der Waals surface area (Å²) >= 11 is 0. The van der Waals surface area contributed by atoms with Gasteiger partial charge in [-0.2, -0.15) is 0 Å². The Labute approximate surface area is 133 Å². The molecule has 23 heavy (non-hydrogen) atoms. The number of carboxylic acid groups (broad SMARTS) is 1. The highest BCUT2D eigenvalue weighted by atomic mass is 16.5. The maximum Gasteiger partial charge on any atom is 0.337 e. The van der Waals surface area contributed by atoms with Crippen LogP contribution in [-0.4, -0.2) is 23.3 Å². The van der Waals surface area contributed by atoms with Crippen molar-refractivity contribution >= 4 is 5.97 Å². The summed E-state index contributed by atoms with van der Waals surface area (Å²) in [6.45, 7) is 0. The Morgan fingerprint density at radius 3 is 2.65 bits per heavy atom. The average molecular weight is 312 g/mol. The van der Waals surface area contributed by atoms with Crippen LogP contribution in [0.1, 0.15) is 28.7 Å². The number of phenols is 1. The number of fused-ring (bicyclic) bond motifs is 1. The molecule has 0 aliphatic carbocycles. The van der Waals surface area contributed by atoms with Crippen LogP contribution in [0.25, 0.3) is 0 Å². The number of hydrogen-bond donors (Lipinski definition) is 2. The van der Waals surface area contributed by atoms with Crippen LogP contribution in [0.5, 0.6) is 11.5 Å². The van der Waals surface area contributed by atoms with Crippen molar-refractivity contribution in [1.29, 1.82) is 0 Å². The Bertz CT molecular complexity index is 752. The molecule has 0 bridgehead atoms. The molecule has 3 rings (SSSR count). The Morgan fingerprint density at radius 1 is 1.26 bits per heavy atom. The number of allylic oxidation sites excluding steroid dienone is 1. The highest BCUT2D eigenvalue weighted by Crippen LogP contribution is 2.43. The van der Waals surface area contributed by atoms with Crippen LogP contribution in [0, 0.1) is 0 Å². The second-order valence-electron chi connectivity index (χ2n) is 5.24. The van der Waals surface area contributed by atoms with E-state index in [1.165, 1.54) is 19.4 Å². The molecule has 0 fully saturated rings. The first kappa shape index (κ1) is 15.1. The van der Waals surface area contributed by atoms with Gasteiger partial charge in [-0.25, -0.2) is 4.79 Å². The quantitative estimate of drug-likeness (QED) is 0.906. The van der Waals surface area contributed by atoms with Gasteiger partial charge < -0.3 is 19.7 Å². The summed E-state index contributed by atoms with van der Waals surface area (Å²) in [6, 6.07) is 12.7. The van der Waals surface area contributed by atoms with Crippen LogP contribution in [0.4, 0.5) is 0 Å². The van der Waals surface area contributed by atoms with Gasteiger partial charge in [-0.15, -0.1) is 0 Å². The van der Waals surface area contributed by atoms with Gasteiger partial charge in [-0.3, -0.25) is 0 Å². The molecule has 5 heteroatoms. The molecule has 0 aromatic heterocycles. The standard InChI is InChI=1S/C18H16O5/c1-22-17(18(20)21)15-10-12(19)9-14-13(7-8-23-16(14)15)11-5-3-2-4-6-11/h2-10,13,17,19H,1H3,(H,20,21). The van der Waals surface area contributed by atoms with Crippen molar-refractivity contribution in [3.63, 3.8) is 0 Å². The van der Waals surface area contributed by atoms with Gasteiger partial charge in [0.25, 0.3) is 0 Å². The summed E-state index contributed by atoms with van der Waals surface area (Å²) in [6.07, 6.45) is 2.19. The fourth-order valence-corrected chi connectivity index (χ4v) is 2.82. The number of benzene rings is 2. The van der Waals surface area contributed by atoms with E-state index >= 15 is 0 Å². The van der Waals surface area contributed by atoms with Crippen molar-refractivity contribution < 1.29 is 24.5 Å². The minimum atomic E-state index is -1.21. The van der Waals surface area contributed by atoms with Crippen molar-refractivity contribution in [3.05, 3.63) is 71.5 Å². The molecule has 1 aliphatic rings. The number of carboxylic acids is 1. The minimum absolute atomic E-state index is 0.0260. The minimum Gasteiger partial charge on any atom is -0.508 e. The van der Waals surface area contributed by atoms with Crippen molar-refractivity contribution in [3.8, 4) is 11.5 Å². The number of hydrogen-bond acceptors (Lipinski definition) is 4. The molecule has 0 amide bonds. The molecule has 5 nitrogen and oxygen atoms in total. The first-order valence-corrected chi connectivity index (χ1v) is 7.12. The maximum atomic E-state index is 11.4. The second kappa shape index (κ2) is 6.14. The van der Waals surface area contributed by atoms with Gasteiger partial charge in [0.2, 0.25) is 0 Å². The Morgan fingerprint density at radius 2 is 2.00 bits per heavy atom. The van der Waals surface area contributed by atoms with Crippen molar-refractivity contribution in [2.45, 2.75) is 12.0 Å². The molecule has 118 valence electrons. The third-order valence-corrected chi connectivity index (χ3v) is 3.82. The number of aromatic hydroxyl groups is 1. The van der Waals surface area contributed by atoms with Gasteiger partial charge in [-0.05, 0) is 23.8 Å². The average Bonchev–Trinajstić information content (AvgIpc) is 2.55. The van der Waals surface area contributed by atoms with Crippen molar-refractivity contribution in [2.75, 3.05) is 7.11 Å². The number of methoxy groups -OCH3 is 1. The molecule has 0 saturated heterocycles. The molecule has 0 spiro atoms. The van der Waals surface area contributed by atoms with Crippen LogP contribution < -0.4 is 4.74 Å². The molecule has 0 radical (unpaired) electrons. The molecule has 2 unspecified atom stereocenters. The van der Waals surface area contributed by atoms with E-state index in [0.29, 0.717) is 16.9 Å². The normalized spacial score (nSPS) is 17.2. The molecule has 2 N–H and O–H groups in total. The lowest BCUT2D eigenvalue weighted by atomic mass is 9.87. The predicted octanol–water partition coefficient (Wildman–Crippen LogP) is 3.20. The fraction of sp³-hybridized carbons (Fsp3) is 0.167. The molecule has 1 aliphatic heterocycles. The highest BCUT2D eigenvalue weighted by molar-refractivity contribution is 5.76. The van der Waals surface area contributed by atoms with Crippen LogP contribution in [0.3, 0.4) is 0 Å². The topological polar surface area (TPSA) is 76.0 Å². The van der Waals surface area contributed by atoms with E-state index in [1.54, 1.807) is 6.07 Å². The second-order valence-corrected chi connectivity index (χ2v) is 5.24. The van der Waals surface area contributed by atoms with E-state index in [0.717, 1.165) is 5.56 Å². The van der Waals surface area contributed by atoms with E-state index in [4.69, 9.17) is 9.47 Å². The van der Waals surface area contributed by atoms with Crippen molar-refractivity contribution in [1.82, 2.24) is 0 Å². The van der Waals surface area contributed by atoms with Gasteiger partial charge in [0.15, 0.2) is 6.10 Å². The number of phenolic OH excluding ortho intramolecular Hbond substituents is 1. The number of ether oxygens (including phenoxy) is 2. The summed E-state index contributed by atoms with van der Waals surface area (Å²) in [7, 11) is 1.31. The van der Waals surface area contributed by atoms with E-state index in [1.807, 2.05) is 36.4 Å². The number of aliphatic carboxylic acids is 1. The van der Waals surface area contributed by atoms with E-state index < -0.39 is 12.1 Å². The molecular weight excluding hydrogens is 296 g/mol. The summed E-state index contributed by atoms with van der Waals surface area (Å²) in [5.41, 5.74) is 2.02. The van der Waals surface area contributed by atoms with Gasteiger partial charge in [0.05, 0.1) is 6.26 Å². The van der Waals surface area contributed by atoms with Gasteiger partial charge in [-0.1, -0.05) is 30.3 Å². The zero-order valence-corrected chi connectivity index (χ0v) is 12.5. The fourth-order valence-electron chi connectivity index (χ4n) is 2.82. The van der Waals surface area contributed by atoms with Crippen LogP contribution in [-0.2, 0) is 9.53 Å². The van der Waals surface area contributed by atoms with Crippen LogP contribution in [0.15, 0.2) is 54.8 Å². The van der Waals surface area contributed by atoms with E-state index in [2.05, 4.69) is 0 Å². The molecule has 2 atom stereocenters. The van der Waals surface area contributed by atoms with E-state index in [-0.39, 0.29) is 11.7 Å². The first-order chi connectivity index (χ1) is 11.1. The summed E-state index contributed by atoms with van der Waals surface area (Å²) in [4.78, 5) is 11.4. The Kier molecular flexibility index (Phi) is 4.04. The smallest absolute Gasteiger partial charge is 0.337 e. The number of rotatable bonds is 4. The van der Waals surface area contributed by atoms with E-state index in [9.17, 15) is 15.0 Å². The zero-order chi connectivity index (χ0) is 16.4. The van der Waals surface area contributed by atoms with Crippen LogP contribution >= 0.6 is 0 Å². The molecular formula is C18H16O5. The summed E-state index contributed by atoms with van der Waals surface area (Å²) in [5.74, 6) is -0.887. The monoisotopic (exact) mass is 312 g/mol. The lowest BCUT2D eigenvalue weighted by molar-refractivity contribution is -0.149. The molecule has 2 aromatic rings. The molecule has 0 saturated carbocycles. The lowest BCUT2D eigenvalue weighted by Gasteiger charge is -2.25. The number of carbonyl (C=O) groups is 1. The van der Waals surface area contributed by atoms with Crippen LogP contribution in [0.2, 0.25) is 0 Å². The van der Waals surface area contributed by atoms with Gasteiger partial charge in [0, 0.05) is 24.2 Å². The largest absolute Gasteiger partial charge is 0.508 e. The third kappa shape index (κ3) is 2.78. The first-order valence-electron chi connectivity index (χ1n) is 7.12. The Hall–Kier alpha value is -2.79. The molecule has 1 heterocycles. The Balaban J connectivity index is 2.15. The summed E-state index contributed by atoms with van der Waals surface area (Å²) in [5, 5.41) is 19.4. The van der Waals surface area contributed by atoms with Gasteiger partial charge in [0.1, 0.15) is 11.5 Å². The van der Waals surface area contributed by atoms with Gasteiger partial charge >= 0.3 is 5.97 Å². The SMILES string of the molecule is COC(C(=O)O)c1cc(O)cc2c1OC=CC2c1ccccc1. The van der Waals surface area contributed by atoms with Crippen molar-refractivity contribution in [2.24, 2.45) is 0 Å². The summed E-state index contributed by atoms with van der Waals surface area (Å²) < 4.78 is 10.6. The predicted molar refractivity (Wildman–Crippen MR) is 83.5 cm³/mol. The molecule has 2 aromatic carbocycles. The third-order valence-electron chi connectivity index (χ3n) is 3.82. The lowest BCUT2D eigenvalue weighted by Crippen LogP contribution is -2.16. The highest BCUT2D eigenvalue weighted by Gasteiger charge is 2.30.